The molecule has 0 spiro atoms. The van der Waals surface area contributed by atoms with Crippen LogP contribution in [0.5, 0.6) is 11.5 Å². The van der Waals surface area contributed by atoms with E-state index in [0.29, 0.717) is 31.7 Å². The van der Waals surface area contributed by atoms with Crippen LogP contribution in [0.15, 0.2) is 49.1 Å². The Morgan fingerprint density at radius 2 is 1.94 bits per heavy atom. The largest absolute Gasteiger partial charge is 0.454 e. The molecular formula is C22H22N8O5. The first-order chi connectivity index (χ1) is 17.1. The molecule has 2 aliphatic rings. The van der Waals surface area contributed by atoms with Crippen molar-refractivity contribution in [3.63, 3.8) is 0 Å². The molecule has 0 saturated carbocycles. The summed E-state index contributed by atoms with van der Waals surface area (Å²) in [5.41, 5.74) is 6.08. The fourth-order valence-electron chi connectivity index (χ4n) is 3.96. The van der Waals surface area contributed by atoms with Crippen LogP contribution in [-0.4, -0.2) is 63.7 Å². The number of rotatable bonds is 7. The molecule has 3 aromatic rings. The van der Waals surface area contributed by atoms with Gasteiger partial charge in [-0.05, 0) is 29.8 Å². The number of nitrogens with zero attached hydrogens (tertiary/aromatic N) is 6. The van der Waals surface area contributed by atoms with Gasteiger partial charge in [-0.2, -0.15) is 0 Å². The molecule has 1 fully saturated rings. The van der Waals surface area contributed by atoms with Gasteiger partial charge in [-0.1, -0.05) is 6.07 Å². The molecule has 0 radical (unpaired) electrons. The van der Waals surface area contributed by atoms with Gasteiger partial charge in [0.05, 0.1) is 10.5 Å². The van der Waals surface area contributed by atoms with Gasteiger partial charge in [0.1, 0.15) is 6.33 Å². The molecule has 1 aromatic carbocycles. The molecule has 2 aromatic heterocycles. The average molecular weight is 478 g/mol. The molecule has 4 heterocycles. The number of piperazine rings is 1. The highest BCUT2D eigenvalue weighted by molar-refractivity contribution is 5.94. The second kappa shape index (κ2) is 9.77. The van der Waals surface area contributed by atoms with Gasteiger partial charge < -0.3 is 14.4 Å². The number of nitrogens with one attached hydrogen (secondary N) is 2. The van der Waals surface area contributed by atoms with Gasteiger partial charge in [-0.15, -0.1) is 0 Å². The highest BCUT2D eigenvalue weighted by Gasteiger charge is 2.29. The first-order valence-electron chi connectivity index (χ1n) is 10.9. The number of ether oxygens (including phenoxy) is 2. The number of hydrogen-bond donors (Lipinski definition) is 2. The molecule has 5 rings (SSSR count). The number of carbonyl (C=O) groups excluding carboxylic acids is 1. The van der Waals surface area contributed by atoms with E-state index in [2.05, 4.69) is 30.7 Å². The highest BCUT2D eigenvalue weighted by Crippen LogP contribution is 2.34. The fraction of sp³-hybridized carbons (Fsp3) is 0.273. The van der Waals surface area contributed by atoms with Gasteiger partial charge in [0.25, 0.3) is 5.91 Å². The zero-order valence-electron chi connectivity index (χ0n) is 18.6. The third-order valence-corrected chi connectivity index (χ3v) is 5.72. The Hall–Kier alpha value is -4.52. The number of amides is 1. The standard InChI is InChI=1S/C22H22N8O5/c31-22(16-2-1-5-23-11-16)27-26-20-19(30(32)33)21(25-13-24-20)29-8-6-28(7-9-29)12-15-3-4-17-18(10-15)35-14-34-17/h1-5,10-11,13H,6-9,12,14H2,(H,27,31)(H,24,25,26). The Morgan fingerprint density at radius 1 is 1.11 bits per heavy atom. The number of benzene rings is 1. The van der Waals surface area contributed by atoms with Crippen molar-refractivity contribution in [1.29, 1.82) is 0 Å². The molecule has 2 aliphatic heterocycles. The summed E-state index contributed by atoms with van der Waals surface area (Å²) in [5.74, 6) is 1.10. The van der Waals surface area contributed by atoms with Gasteiger partial charge in [0, 0.05) is 45.1 Å². The van der Waals surface area contributed by atoms with E-state index in [9.17, 15) is 14.9 Å². The SMILES string of the molecule is O=C(NNc1ncnc(N2CCN(Cc3ccc4c(c3)OCO4)CC2)c1[N+](=O)[O-])c1cccnc1. The van der Waals surface area contributed by atoms with E-state index in [1.807, 2.05) is 23.1 Å². The number of pyridine rings is 1. The van der Waals surface area contributed by atoms with Crippen LogP contribution in [0.1, 0.15) is 15.9 Å². The number of anilines is 2. The van der Waals surface area contributed by atoms with Crippen molar-refractivity contribution in [3.8, 4) is 11.5 Å². The normalized spacial score (nSPS) is 15.0. The monoisotopic (exact) mass is 478 g/mol. The van der Waals surface area contributed by atoms with E-state index >= 15 is 0 Å². The van der Waals surface area contributed by atoms with E-state index in [4.69, 9.17) is 9.47 Å². The Kier molecular flexibility index (Phi) is 6.22. The van der Waals surface area contributed by atoms with Crippen molar-refractivity contribution in [2.45, 2.75) is 6.54 Å². The maximum atomic E-state index is 12.3. The number of aromatic nitrogens is 3. The van der Waals surface area contributed by atoms with Gasteiger partial charge in [-0.3, -0.25) is 35.6 Å². The van der Waals surface area contributed by atoms with E-state index in [1.54, 1.807) is 18.3 Å². The van der Waals surface area contributed by atoms with Crippen molar-refractivity contribution in [2.75, 3.05) is 43.3 Å². The van der Waals surface area contributed by atoms with E-state index < -0.39 is 10.8 Å². The Labute approximate surface area is 199 Å². The summed E-state index contributed by atoms with van der Waals surface area (Å²) in [5, 5.41) is 11.9. The highest BCUT2D eigenvalue weighted by atomic mass is 16.7. The summed E-state index contributed by atoms with van der Waals surface area (Å²) >= 11 is 0. The van der Waals surface area contributed by atoms with Crippen LogP contribution in [0.3, 0.4) is 0 Å². The lowest BCUT2D eigenvalue weighted by molar-refractivity contribution is -0.383. The second-order valence-corrected chi connectivity index (χ2v) is 7.92. The van der Waals surface area contributed by atoms with Crippen molar-refractivity contribution in [2.24, 2.45) is 0 Å². The summed E-state index contributed by atoms with van der Waals surface area (Å²) < 4.78 is 10.8. The van der Waals surface area contributed by atoms with Crippen LogP contribution in [-0.2, 0) is 6.54 Å². The summed E-state index contributed by atoms with van der Waals surface area (Å²) in [4.78, 5) is 39.8. The Bertz CT molecular complexity index is 1230. The summed E-state index contributed by atoms with van der Waals surface area (Å²) in [6.07, 6.45) is 4.17. The quantitative estimate of drug-likeness (QED) is 0.377. The lowest BCUT2D eigenvalue weighted by Gasteiger charge is -2.35. The molecule has 1 saturated heterocycles. The number of fused-ring (bicyclic) bond motifs is 1. The Balaban J connectivity index is 1.24. The van der Waals surface area contributed by atoms with E-state index in [1.165, 1.54) is 12.5 Å². The van der Waals surface area contributed by atoms with Crippen molar-refractivity contribution < 1.29 is 19.2 Å². The van der Waals surface area contributed by atoms with Crippen LogP contribution in [0.2, 0.25) is 0 Å². The zero-order valence-corrected chi connectivity index (χ0v) is 18.6. The van der Waals surface area contributed by atoms with Gasteiger partial charge in [0.15, 0.2) is 11.5 Å². The first kappa shape index (κ1) is 22.3. The van der Waals surface area contributed by atoms with Crippen LogP contribution >= 0.6 is 0 Å². The smallest absolute Gasteiger partial charge is 0.355 e. The number of nitro groups is 1. The molecule has 35 heavy (non-hydrogen) atoms. The first-order valence-corrected chi connectivity index (χ1v) is 10.9. The average Bonchev–Trinajstić information content (AvgIpc) is 3.36. The molecule has 0 bridgehead atoms. The predicted octanol–water partition coefficient (Wildman–Crippen LogP) is 1.59. The molecule has 180 valence electrons. The Morgan fingerprint density at radius 3 is 2.71 bits per heavy atom. The van der Waals surface area contributed by atoms with Gasteiger partial charge in [-0.25, -0.2) is 9.97 Å². The molecule has 2 N–H and O–H groups in total. The minimum absolute atomic E-state index is 0.0972. The van der Waals surface area contributed by atoms with Crippen molar-refractivity contribution in [3.05, 3.63) is 70.3 Å². The molecule has 13 heteroatoms. The summed E-state index contributed by atoms with van der Waals surface area (Å²) in [6, 6.07) is 9.08. The lowest BCUT2D eigenvalue weighted by Crippen LogP contribution is -2.46. The summed E-state index contributed by atoms with van der Waals surface area (Å²) in [7, 11) is 0. The van der Waals surface area contributed by atoms with Crippen LogP contribution in [0, 0.1) is 10.1 Å². The third-order valence-electron chi connectivity index (χ3n) is 5.72. The molecular weight excluding hydrogens is 456 g/mol. The summed E-state index contributed by atoms with van der Waals surface area (Å²) in [6.45, 7) is 3.43. The number of hydrogen-bond acceptors (Lipinski definition) is 11. The van der Waals surface area contributed by atoms with Crippen LogP contribution < -0.4 is 25.2 Å². The number of carbonyl (C=O) groups is 1. The molecule has 1 amide bonds. The molecule has 0 atom stereocenters. The maximum absolute atomic E-state index is 12.3. The fourth-order valence-corrected chi connectivity index (χ4v) is 3.96. The molecule has 13 nitrogen and oxygen atoms in total. The van der Waals surface area contributed by atoms with Crippen LogP contribution in [0.4, 0.5) is 17.3 Å². The molecule has 0 unspecified atom stereocenters. The molecule has 0 aliphatic carbocycles. The number of hydrazine groups is 1. The van der Waals surface area contributed by atoms with E-state index in [0.717, 1.165) is 23.6 Å². The van der Waals surface area contributed by atoms with Gasteiger partial charge >= 0.3 is 5.69 Å². The van der Waals surface area contributed by atoms with Crippen molar-refractivity contribution in [1.82, 2.24) is 25.3 Å². The van der Waals surface area contributed by atoms with Gasteiger partial charge in [0.2, 0.25) is 18.4 Å². The predicted molar refractivity (Wildman–Crippen MR) is 124 cm³/mol. The zero-order chi connectivity index (χ0) is 24.2. The van der Waals surface area contributed by atoms with E-state index in [-0.39, 0.29) is 24.1 Å². The lowest BCUT2D eigenvalue weighted by atomic mass is 10.1. The minimum atomic E-state index is -0.549. The van der Waals surface area contributed by atoms with Crippen molar-refractivity contribution >= 4 is 23.2 Å². The minimum Gasteiger partial charge on any atom is -0.454 e. The second-order valence-electron chi connectivity index (χ2n) is 7.92. The third kappa shape index (κ3) is 4.89. The van der Waals surface area contributed by atoms with Crippen LogP contribution in [0.25, 0.3) is 0 Å². The maximum Gasteiger partial charge on any atom is 0.355 e. The topological polar surface area (TPSA) is 148 Å².